The average molecular weight is 487 g/mol. The molecule has 176 valence electrons. The third kappa shape index (κ3) is 3.01. The molecule has 0 radical (unpaired) electrons. The first-order chi connectivity index (χ1) is 17.1. The monoisotopic (exact) mass is 486 g/mol. The second-order valence-corrected chi connectivity index (χ2v) is 9.97. The van der Waals surface area contributed by atoms with Gasteiger partial charge in [-0.2, -0.15) is 5.10 Å². The molecule has 2 aliphatic rings. The molecule has 1 aliphatic carbocycles. The summed E-state index contributed by atoms with van der Waals surface area (Å²) in [7, 11) is 0. The fraction of sp³-hybridized carbons (Fsp3) is 0.320. The molecule has 2 fully saturated rings. The van der Waals surface area contributed by atoms with Crippen LogP contribution in [0.2, 0.25) is 5.02 Å². The molecule has 0 unspecified atom stereocenters. The molecule has 1 aliphatic heterocycles. The van der Waals surface area contributed by atoms with E-state index in [0.717, 1.165) is 64.5 Å². The van der Waals surface area contributed by atoms with Gasteiger partial charge in [-0.15, -0.1) is 0 Å². The minimum atomic E-state index is -0.102. The molecule has 1 saturated carbocycles. The molecule has 5 aromatic rings. The molecule has 5 heterocycles. The summed E-state index contributed by atoms with van der Waals surface area (Å²) in [5.41, 5.74) is 11.0. The molecule has 9 nitrogen and oxygen atoms in total. The van der Waals surface area contributed by atoms with Crippen molar-refractivity contribution in [3.8, 4) is 11.3 Å². The van der Waals surface area contributed by atoms with Crippen LogP contribution in [0.15, 0.2) is 47.2 Å². The number of hydrogen-bond acceptors (Lipinski definition) is 8. The summed E-state index contributed by atoms with van der Waals surface area (Å²) in [6.45, 7) is 4.25. The third-order valence-corrected chi connectivity index (χ3v) is 8.05. The van der Waals surface area contributed by atoms with Crippen molar-refractivity contribution in [2.75, 3.05) is 24.5 Å². The van der Waals surface area contributed by atoms with E-state index in [-0.39, 0.29) is 5.41 Å². The van der Waals surface area contributed by atoms with Crippen molar-refractivity contribution in [2.45, 2.75) is 18.8 Å². The molecular formula is C25H23ClN8O. The predicted octanol–water partition coefficient (Wildman–Crippen LogP) is 3.87. The van der Waals surface area contributed by atoms with Crippen LogP contribution in [0.5, 0.6) is 0 Å². The Kier molecular flexibility index (Phi) is 4.43. The predicted molar refractivity (Wildman–Crippen MR) is 133 cm³/mol. The molecule has 4 aromatic heterocycles. The Bertz CT molecular complexity index is 1600. The van der Waals surface area contributed by atoms with Gasteiger partial charge in [0.1, 0.15) is 22.8 Å². The zero-order valence-corrected chi connectivity index (χ0v) is 19.8. The summed E-state index contributed by atoms with van der Waals surface area (Å²) in [5, 5.41) is 13.5. The lowest BCUT2D eigenvalue weighted by Gasteiger charge is -2.26. The highest BCUT2D eigenvalue weighted by molar-refractivity contribution is 6.31. The van der Waals surface area contributed by atoms with Gasteiger partial charge < -0.3 is 15.2 Å². The highest BCUT2D eigenvalue weighted by Gasteiger charge is 2.67. The molecule has 1 saturated heterocycles. The number of rotatable bonds is 4. The zero-order chi connectivity index (χ0) is 23.7. The van der Waals surface area contributed by atoms with Gasteiger partial charge in [-0.05, 0) is 49.4 Å². The highest BCUT2D eigenvalue weighted by atomic mass is 35.5. The van der Waals surface area contributed by atoms with Crippen molar-refractivity contribution in [3.05, 3.63) is 59.2 Å². The van der Waals surface area contributed by atoms with Crippen molar-refractivity contribution in [3.63, 3.8) is 0 Å². The molecule has 0 spiro atoms. The van der Waals surface area contributed by atoms with E-state index < -0.39 is 0 Å². The van der Waals surface area contributed by atoms with E-state index in [0.29, 0.717) is 29.1 Å². The van der Waals surface area contributed by atoms with Gasteiger partial charge in [-0.3, -0.25) is 10.1 Å². The van der Waals surface area contributed by atoms with Crippen LogP contribution in [0.3, 0.4) is 0 Å². The summed E-state index contributed by atoms with van der Waals surface area (Å²) in [6.07, 6.45) is 4.64. The molecule has 7 rings (SSSR count). The zero-order valence-electron chi connectivity index (χ0n) is 19.1. The minimum absolute atomic E-state index is 0.102. The maximum absolute atomic E-state index is 6.28. The highest BCUT2D eigenvalue weighted by Crippen LogP contribution is 2.62. The first kappa shape index (κ1) is 20.8. The van der Waals surface area contributed by atoms with Crippen molar-refractivity contribution in [2.24, 2.45) is 17.6 Å². The number of aromatic amines is 1. The van der Waals surface area contributed by atoms with Crippen molar-refractivity contribution in [1.29, 1.82) is 0 Å². The number of hydrogen-bond donors (Lipinski definition) is 2. The standard InChI is InChI=1S/C25H23ClN8O/c1-13-8-20(33-35-13)25(12-27)17-5-7-34(11-18(17)25)21-10-29-23-22(31-32-24(23)30-21)15-4-6-28-19-3-2-14(26)9-16(15)19/h2-4,6,8-10,17-18H,5,7,11-12,27H2,1H3,(H,30,31,32)/t17-,18+,25+/m1/s1. The molecule has 3 atom stereocenters. The number of H-pyrrole nitrogens is 1. The second-order valence-electron chi connectivity index (χ2n) is 9.53. The lowest BCUT2D eigenvalue weighted by molar-refractivity contribution is 0.379. The average Bonchev–Trinajstić information content (AvgIpc) is 3.12. The van der Waals surface area contributed by atoms with Gasteiger partial charge in [0.05, 0.1) is 17.4 Å². The normalized spacial score (nSPS) is 23.7. The number of fused-ring (bicyclic) bond motifs is 3. The van der Waals surface area contributed by atoms with Crippen molar-refractivity contribution in [1.82, 2.24) is 30.3 Å². The molecular weight excluding hydrogens is 464 g/mol. The Hall–Kier alpha value is -3.56. The Balaban J connectivity index is 1.21. The molecule has 0 bridgehead atoms. The summed E-state index contributed by atoms with van der Waals surface area (Å²) < 4.78 is 5.37. The second kappa shape index (κ2) is 7.47. The van der Waals surface area contributed by atoms with Crippen LogP contribution < -0.4 is 10.6 Å². The van der Waals surface area contributed by atoms with Crippen LogP contribution in [0.1, 0.15) is 17.9 Å². The Labute approximate surface area is 205 Å². The number of benzene rings is 1. The van der Waals surface area contributed by atoms with Gasteiger partial charge >= 0.3 is 0 Å². The quantitative estimate of drug-likeness (QED) is 0.392. The third-order valence-electron chi connectivity index (χ3n) is 7.81. The Morgan fingerprint density at radius 1 is 1.23 bits per heavy atom. The van der Waals surface area contributed by atoms with Crippen LogP contribution in [-0.2, 0) is 5.41 Å². The van der Waals surface area contributed by atoms with E-state index >= 15 is 0 Å². The summed E-state index contributed by atoms with van der Waals surface area (Å²) in [6, 6.07) is 9.61. The number of piperidine rings is 1. The smallest absolute Gasteiger partial charge is 0.177 e. The van der Waals surface area contributed by atoms with Crippen LogP contribution in [0, 0.1) is 18.8 Å². The summed E-state index contributed by atoms with van der Waals surface area (Å²) >= 11 is 6.26. The van der Waals surface area contributed by atoms with E-state index in [9.17, 15) is 0 Å². The number of halogens is 1. The van der Waals surface area contributed by atoms with Gasteiger partial charge in [0.15, 0.2) is 5.65 Å². The van der Waals surface area contributed by atoms with Crippen LogP contribution in [-0.4, -0.2) is 49.9 Å². The number of aromatic nitrogens is 6. The van der Waals surface area contributed by atoms with Crippen LogP contribution in [0.25, 0.3) is 33.3 Å². The first-order valence-electron chi connectivity index (χ1n) is 11.7. The molecule has 1 aromatic carbocycles. The van der Waals surface area contributed by atoms with Crippen molar-refractivity contribution >= 4 is 39.5 Å². The molecule has 35 heavy (non-hydrogen) atoms. The van der Waals surface area contributed by atoms with E-state index in [1.54, 1.807) is 6.20 Å². The first-order valence-corrected chi connectivity index (χ1v) is 12.1. The maximum atomic E-state index is 6.28. The number of nitrogens with zero attached hydrogens (tertiary/aromatic N) is 6. The maximum Gasteiger partial charge on any atom is 0.177 e. The number of anilines is 1. The minimum Gasteiger partial charge on any atom is -0.361 e. The largest absolute Gasteiger partial charge is 0.361 e. The number of aryl methyl sites for hydroxylation is 1. The molecule has 10 heteroatoms. The molecule has 0 amide bonds. The SMILES string of the molecule is Cc1cc([C@@]2(CN)[C@@H]3CCN(c4cnc5c(-c6ccnc7ccc(Cl)cc67)n[nH]c5n4)C[C@@H]32)no1. The molecule has 3 N–H and O–H groups in total. The van der Waals surface area contributed by atoms with E-state index in [2.05, 4.69) is 25.2 Å². The Morgan fingerprint density at radius 2 is 2.14 bits per heavy atom. The van der Waals surface area contributed by atoms with Gasteiger partial charge in [0.2, 0.25) is 0 Å². The van der Waals surface area contributed by atoms with E-state index in [4.69, 9.17) is 31.8 Å². The van der Waals surface area contributed by atoms with Gasteiger partial charge in [0, 0.05) is 53.3 Å². The lowest BCUT2D eigenvalue weighted by atomic mass is 9.97. The van der Waals surface area contributed by atoms with Gasteiger partial charge in [-0.25, -0.2) is 9.97 Å². The summed E-state index contributed by atoms with van der Waals surface area (Å²) in [4.78, 5) is 16.4. The van der Waals surface area contributed by atoms with E-state index in [1.807, 2.05) is 43.5 Å². The topological polar surface area (TPSA) is 123 Å². The fourth-order valence-electron chi connectivity index (χ4n) is 6.02. The Morgan fingerprint density at radius 3 is 2.97 bits per heavy atom. The number of nitrogens with two attached hydrogens (primary N) is 1. The van der Waals surface area contributed by atoms with E-state index in [1.165, 1.54) is 0 Å². The lowest BCUT2D eigenvalue weighted by Crippen LogP contribution is -2.32. The number of nitrogens with one attached hydrogen (secondary N) is 1. The summed E-state index contributed by atoms with van der Waals surface area (Å²) in [5.74, 6) is 2.61. The van der Waals surface area contributed by atoms with Crippen molar-refractivity contribution < 1.29 is 4.52 Å². The fourth-order valence-corrected chi connectivity index (χ4v) is 6.19. The van der Waals surface area contributed by atoms with Crippen LogP contribution in [0.4, 0.5) is 5.82 Å². The number of pyridine rings is 1. The van der Waals surface area contributed by atoms with Gasteiger partial charge in [-0.1, -0.05) is 16.8 Å². The van der Waals surface area contributed by atoms with Crippen LogP contribution >= 0.6 is 11.6 Å². The van der Waals surface area contributed by atoms with Gasteiger partial charge in [0.25, 0.3) is 0 Å².